The van der Waals surface area contributed by atoms with E-state index < -0.39 is 0 Å². The summed E-state index contributed by atoms with van der Waals surface area (Å²) in [5.41, 5.74) is 4.71. The minimum absolute atomic E-state index is 0.0612. The lowest BCUT2D eigenvalue weighted by Crippen LogP contribution is -2.15. The molecule has 0 radical (unpaired) electrons. The van der Waals surface area contributed by atoms with Gasteiger partial charge in [0, 0.05) is 22.3 Å². The summed E-state index contributed by atoms with van der Waals surface area (Å²) in [4.78, 5) is 25.4. The van der Waals surface area contributed by atoms with E-state index in [4.69, 9.17) is 0 Å². The fourth-order valence-corrected chi connectivity index (χ4v) is 3.56. The summed E-state index contributed by atoms with van der Waals surface area (Å²) in [6.45, 7) is 4.02. The van der Waals surface area contributed by atoms with Gasteiger partial charge in [0.15, 0.2) is 0 Å². The van der Waals surface area contributed by atoms with Crippen LogP contribution in [0.15, 0.2) is 83.8 Å². The topological polar surface area (TPSA) is 58.2 Å². The second-order valence-electron chi connectivity index (χ2n) is 6.85. The maximum absolute atomic E-state index is 12.3. The van der Waals surface area contributed by atoms with Gasteiger partial charge < -0.3 is 10.6 Å². The van der Waals surface area contributed by atoms with Crippen molar-refractivity contribution in [1.29, 1.82) is 0 Å². The third-order valence-electron chi connectivity index (χ3n) is 4.58. The molecule has 0 atom stereocenters. The average molecular weight is 417 g/mol. The van der Waals surface area contributed by atoms with E-state index >= 15 is 0 Å². The number of carbonyl (C=O) groups is 2. The zero-order valence-corrected chi connectivity index (χ0v) is 17.8. The third-order valence-corrected chi connectivity index (χ3v) is 5.57. The number of nitrogens with one attached hydrogen (secondary N) is 2. The van der Waals surface area contributed by atoms with Crippen LogP contribution in [0.1, 0.15) is 16.7 Å². The van der Waals surface area contributed by atoms with Gasteiger partial charge in [-0.05, 0) is 60.9 Å². The maximum atomic E-state index is 12.3. The molecule has 0 saturated heterocycles. The van der Waals surface area contributed by atoms with Crippen molar-refractivity contribution in [2.24, 2.45) is 0 Å². The number of hydrogen-bond acceptors (Lipinski definition) is 3. The van der Waals surface area contributed by atoms with E-state index in [2.05, 4.69) is 10.6 Å². The van der Waals surface area contributed by atoms with E-state index in [0.717, 1.165) is 27.3 Å². The van der Waals surface area contributed by atoms with Gasteiger partial charge in [-0.3, -0.25) is 9.59 Å². The van der Waals surface area contributed by atoms with Crippen molar-refractivity contribution in [2.75, 3.05) is 16.4 Å². The first-order chi connectivity index (χ1) is 14.5. The van der Waals surface area contributed by atoms with Crippen molar-refractivity contribution in [3.8, 4) is 0 Å². The lowest BCUT2D eigenvalue weighted by molar-refractivity contribution is -0.114. The largest absolute Gasteiger partial charge is 0.325 e. The van der Waals surface area contributed by atoms with E-state index in [1.807, 2.05) is 86.6 Å². The lowest BCUT2D eigenvalue weighted by Gasteiger charge is -2.10. The van der Waals surface area contributed by atoms with Crippen molar-refractivity contribution in [3.63, 3.8) is 0 Å². The van der Waals surface area contributed by atoms with Crippen LogP contribution in [0.3, 0.4) is 0 Å². The smallest absolute Gasteiger partial charge is 0.248 e. The molecule has 3 aromatic carbocycles. The summed E-state index contributed by atoms with van der Waals surface area (Å²) in [6, 6.07) is 23.0. The van der Waals surface area contributed by atoms with Crippen molar-refractivity contribution < 1.29 is 9.59 Å². The Hall–Kier alpha value is -3.31. The fraction of sp³-hybridized carbons (Fsp3) is 0.120. The predicted molar refractivity (Wildman–Crippen MR) is 126 cm³/mol. The van der Waals surface area contributed by atoms with Crippen LogP contribution in [0.4, 0.5) is 11.4 Å². The summed E-state index contributed by atoms with van der Waals surface area (Å²) in [7, 11) is 0. The van der Waals surface area contributed by atoms with Gasteiger partial charge in [0.25, 0.3) is 0 Å². The monoisotopic (exact) mass is 416 g/mol. The Morgan fingerprint density at radius 2 is 1.67 bits per heavy atom. The normalized spacial score (nSPS) is 10.7. The maximum Gasteiger partial charge on any atom is 0.248 e. The molecule has 2 N–H and O–H groups in total. The molecule has 0 aliphatic rings. The van der Waals surface area contributed by atoms with Gasteiger partial charge in [-0.1, -0.05) is 48.5 Å². The first-order valence-electron chi connectivity index (χ1n) is 9.64. The van der Waals surface area contributed by atoms with Crippen molar-refractivity contribution in [3.05, 3.63) is 95.6 Å². The van der Waals surface area contributed by atoms with Gasteiger partial charge in [-0.15, -0.1) is 11.8 Å². The SMILES string of the molecule is Cc1cccc(NC(=O)CSc2cccc(NC(=O)/C=C/c3ccccc3)c2)c1C. The molecule has 152 valence electrons. The van der Waals surface area contributed by atoms with Crippen LogP contribution in [-0.4, -0.2) is 17.6 Å². The summed E-state index contributed by atoms with van der Waals surface area (Å²) in [5.74, 6) is 0.0289. The lowest BCUT2D eigenvalue weighted by atomic mass is 10.1. The Bertz CT molecular complexity index is 1060. The molecule has 0 spiro atoms. The molecule has 5 heteroatoms. The Morgan fingerprint density at radius 1 is 0.900 bits per heavy atom. The van der Waals surface area contributed by atoms with Gasteiger partial charge in [0.05, 0.1) is 5.75 Å². The molecule has 4 nitrogen and oxygen atoms in total. The number of rotatable bonds is 7. The zero-order chi connectivity index (χ0) is 21.3. The molecule has 0 aromatic heterocycles. The molecule has 0 unspecified atom stereocenters. The van der Waals surface area contributed by atoms with Crippen molar-refractivity contribution in [2.45, 2.75) is 18.7 Å². The highest BCUT2D eigenvalue weighted by molar-refractivity contribution is 8.00. The highest BCUT2D eigenvalue weighted by atomic mass is 32.2. The summed E-state index contributed by atoms with van der Waals surface area (Å²) >= 11 is 1.43. The Labute approximate surface area is 181 Å². The van der Waals surface area contributed by atoms with E-state index in [0.29, 0.717) is 11.4 Å². The summed E-state index contributed by atoms with van der Waals surface area (Å²) in [6.07, 6.45) is 3.28. The number of amides is 2. The van der Waals surface area contributed by atoms with Gasteiger partial charge >= 0.3 is 0 Å². The highest BCUT2D eigenvalue weighted by Crippen LogP contribution is 2.23. The van der Waals surface area contributed by atoms with E-state index in [1.54, 1.807) is 6.08 Å². The van der Waals surface area contributed by atoms with E-state index in [1.165, 1.54) is 17.8 Å². The standard InChI is InChI=1S/C25H24N2O2S/c1-18-8-6-13-23(19(18)2)27-25(29)17-30-22-12-7-11-21(16-22)26-24(28)15-14-20-9-4-3-5-10-20/h3-16H,17H2,1-2H3,(H,26,28)(H,27,29)/b15-14+. The van der Waals surface area contributed by atoms with Crippen LogP contribution >= 0.6 is 11.8 Å². The molecule has 0 aliphatic heterocycles. The number of aryl methyl sites for hydroxylation is 1. The third kappa shape index (κ3) is 6.36. The molecular formula is C25H24N2O2S. The molecule has 0 heterocycles. The van der Waals surface area contributed by atoms with Crippen LogP contribution in [0.25, 0.3) is 6.08 Å². The van der Waals surface area contributed by atoms with E-state index in [9.17, 15) is 9.59 Å². The molecule has 2 amide bonds. The number of thioether (sulfide) groups is 1. The zero-order valence-electron chi connectivity index (χ0n) is 17.0. The van der Waals surface area contributed by atoms with Gasteiger partial charge in [0.1, 0.15) is 0 Å². The van der Waals surface area contributed by atoms with E-state index in [-0.39, 0.29) is 11.8 Å². The predicted octanol–water partition coefficient (Wildman–Crippen LogP) is 5.69. The first-order valence-corrected chi connectivity index (χ1v) is 10.6. The molecule has 3 aromatic rings. The number of carbonyl (C=O) groups excluding carboxylic acids is 2. The Balaban J connectivity index is 1.53. The molecular weight excluding hydrogens is 392 g/mol. The van der Waals surface area contributed by atoms with Gasteiger partial charge in [0.2, 0.25) is 11.8 Å². The second-order valence-corrected chi connectivity index (χ2v) is 7.89. The molecule has 0 bridgehead atoms. The first kappa shape index (κ1) is 21.4. The minimum Gasteiger partial charge on any atom is -0.325 e. The number of anilines is 2. The average Bonchev–Trinajstić information content (AvgIpc) is 2.75. The molecule has 3 rings (SSSR count). The Morgan fingerprint density at radius 3 is 2.47 bits per heavy atom. The number of benzene rings is 3. The minimum atomic E-state index is -0.200. The Kier molecular flexibility index (Phi) is 7.46. The van der Waals surface area contributed by atoms with Crippen molar-refractivity contribution in [1.82, 2.24) is 0 Å². The van der Waals surface area contributed by atoms with Crippen LogP contribution in [0.2, 0.25) is 0 Å². The molecule has 0 fully saturated rings. The van der Waals surface area contributed by atoms with Crippen LogP contribution in [0, 0.1) is 13.8 Å². The van der Waals surface area contributed by atoms with Crippen LogP contribution in [0.5, 0.6) is 0 Å². The molecule has 0 aliphatic carbocycles. The van der Waals surface area contributed by atoms with Crippen LogP contribution in [-0.2, 0) is 9.59 Å². The quantitative estimate of drug-likeness (QED) is 0.384. The second kappa shape index (κ2) is 10.5. The van der Waals surface area contributed by atoms with Gasteiger partial charge in [-0.25, -0.2) is 0 Å². The molecule has 30 heavy (non-hydrogen) atoms. The summed E-state index contributed by atoms with van der Waals surface area (Å²) < 4.78 is 0. The summed E-state index contributed by atoms with van der Waals surface area (Å²) in [5, 5.41) is 5.82. The number of hydrogen-bond donors (Lipinski definition) is 2. The van der Waals surface area contributed by atoms with Crippen LogP contribution < -0.4 is 10.6 Å². The van der Waals surface area contributed by atoms with Gasteiger partial charge in [-0.2, -0.15) is 0 Å². The van der Waals surface area contributed by atoms with Crippen molar-refractivity contribution >= 4 is 41.0 Å². The molecule has 0 saturated carbocycles. The fourth-order valence-electron chi connectivity index (χ4n) is 2.81. The highest BCUT2D eigenvalue weighted by Gasteiger charge is 2.07.